The maximum Gasteiger partial charge on any atom is 0.225 e. The molecule has 0 bridgehead atoms. The SMILES string of the molecule is CCCc1nc(Cn2cc(N3CCN(C(=O)C4CCC(N(CCN(C)C)S(C)(=O)=O)CC4)CC3)cn2)cs1. The van der Waals surface area contributed by atoms with Gasteiger partial charge in [0, 0.05) is 62.8 Å². The molecule has 2 aromatic rings. The van der Waals surface area contributed by atoms with E-state index in [0.29, 0.717) is 32.7 Å². The van der Waals surface area contributed by atoms with Crippen LogP contribution in [0.15, 0.2) is 17.8 Å². The van der Waals surface area contributed by atoms with Crippen molar-refractivity contribution in [2.45, 2.75) is 58.0 Å². The van der Waals surface area contributed by atoms with Crippen molar-refractivity contribution < 1.29 is 13.2 Å². The van der Waals surface area contributed by atoms with Gasteiger partial charge in [-0.2, -0.15) is 9.40 Å². The van der Waals surface area contributed by atoms with Crippen LogP contribution in [0.25, 0.3) is 0 Å². The molecule has 0 spiro atoms. The van der Waals surface area contributed by atoms with Crippen LogP contribution in [0.1, 0.15) is 49.7 Å². The Bertz CT molecular complexity index is 1150. The molecule has 1 saturated heterocycles. The van der Waals surface area contributed by atoms with E-state index in [-0.39, 0.29) is 17.9 Å². The number of aromatic nitrogens is 3. The number of likely N-dealkylation sites (N-methyl/N-ethyl adjacent to an activating group) is 1. The van der Waals surface area contributed by atoms with Crippen molar-refractivity contribution in [3.8, 4) is 0 Å². The van der Waals surface area contributed by atoms with Crippen LogP contribution in [-0.4, -0.2) is 109 Å². The molecule has 212 valence electrons. The minimum absolute atomic E-state index is 0.00785. The van der Waals surface area contributed by atoms with E-state index in [1.165, 1.54) is 11.3 Å². The van der Waals surface area contributed by atoms with Crippen LogP contribution in [-0.2, 0) is 27.8 Å². The third-order valence-electron chi connectivity index (χ3n) is 7.61. The van der Waals surface area contributed by atoms with Crippen LogP contribution in [0, 0.1) is 5.92 Å². The Labute approximate surface area is 231 Å². The second-order valence-corrected chi connectivity index (χ2v) is 13.8. The quantitative estimate of drug-likeness (QED) is 0.413. The van der Waals surface area contributed by atoms with Gasteiger partial charge in [-0.05, 0) is 52.6 Å². The smallest absolute Gasteiger partial charge is 0.225 e. The molecule has 0 N–H and O–H groups in total. The van der Waals surface area contributed by atoms with E-state index < -0.39 is 10.0 Å². The Morgan fingerprint density at radius 2 is 1.82 bits per heavy atom. The highest BCUT2D eigenvalue weighted by atomic mass is 32.2. The van der Waals surface area contributed by atoms with Crippen molar-refractivity contribution in [3.63, 3.8) is 0 Å². The van der Waals surface area contributed by atoms with Crippen molar-refractivity contribution in [2.75, 3.05) is 64.5 Å². The topological polar surface area (TPSA) is 94.9 Å². The Balaban J connectivity index is 1.24. The van der Waals surface area contributed by atoms with Gasteiger partial charge in [-0.1, -0.05) is 6.92 Å². The molecule has 10 nitrogen and oxygen atoms in total. The number of hydrogen-bond acceptors (Lipinski definition) is 8. The van der Waals surface area contributed by atoms with E-state index >= 15 is 0 Å². The largest absolute Gasteiger partial charge is 0.365 e. The van der Waals surface area contributed by atoms with Gasteiger partial charge in [-0.25, -0.2) is 13.4 Å². The van der Waals surface area contributed by atoms with Gasteiger partial charge >= 0.3 is 0 Å². The number of piperazine rings is 1. The molecule has 1 saturated carbocycles. The average molecular weight is 566 g/mol. The number of carbonyl (C=O) groups excluding carboxylic acids is 1. The second kappa shape index (κ2) is 12.9. The van der Waals surface area contributed by atoms with E-state index in [2.05, 4.69) is 28.5 Å². The van der Waals surface area contributed by atoms with Crippen LogP contribution in [0.4, 0.5) is 5.69 Å². The third kappa shape index (κ3) is 7.55. The Morgan fingerprint density at radius 1 is 1.11 bits per heavy atom. The summed E-state index contributed by atoms with van der Waals surface area (Å²) in [5, 5.41) is 7.84. The molecule has 4 rings (SSSR count). The van der Waals surface area contributed by atoms with E-state index in [1.807, 2.05) is 34.8 Å². The third-order valence-corrected chi connectivity index (χ3v) is 9.90. The number of hydrogen-bond donors (Lipinski definition) is 0. The highest BCUT2D eigenvalue weighted by Gasteiger charge is 2.35. The van der Waals surface area contributed by atoms with Crippen molar-refractivity contribution in [1.29, 1.82) is 0 Å². The number of sulfonamides is 1. The summed E-state index contributed by atoms with van der Waals surface area (Å²) in [6.07, 6.45) is 10.4. The summed E-state index contributed by atoms with van der Waals surface area (Å²) in [5.74, 6) is 0.218. The Kier molecular flexibility index (Phi) is 9.83. The summed E-state index contributed by atoms with van der Waals surface area (Å²) < 4.78 is 28.4. The minimum Gasteiger partial charge on any atom is -0.365 e. The second-order valence-electron chi connectivity index (χ2n) is 10.9. The first kappa shape index (κ1) is 29.0. The monoisotopic (exact) mass is 565 g/mol. The molecular formula is C26H43N7O3S2. The molecule has 0 aromatic carbocycles. The number of nitrogens with zero attached hydrogens (tertiary/aromatic N) is 7. The number of anilines is 1. The van der Waals surface area contributed by atoms with Gasteiger partial charge in [-0.3, -0.25) is 9.48 Å². The minimum atomic E-state index is -3.27. The summed E-state index contributed by atoms with van der Waals surface area (Å²) in [7, 11) is 0.631. The molecule has 0 atom stereocenters. The van der Waals surface area contributed by atoms with Gasteiger partial charge in [0.2, 0.25) is 15.9 Å². The summed E-state index contributed by atoms with van der Waals surface area (Å²) in [4.78, 5) is 24.3. The summed E-state index contributed by atoms with van der Waals surface area (Å²) in [6, 6.07) is -0.00935. The van der Waals surface area contributed by atoms with Crippen LogP contribution < -0.4 is 4.90 Å². The summed E-state index contributed by atoms with van der Waals surface area (Å²) in [5.41, 5.74) is 2.14. The lowest BCUT2D eigenvalue weighted by Crippen LogP contribution is -2.51. The Morgan fingerprint density at radius 3 is 2.45 bits per heavy atom. The first-order chi connectivity index (χ1) is 18.1. The molecule has 1 amide bonds. The summed E-state index contributed by atoms with van der Waals surface area (Å²) >= 11 is 1.72. The number of thiazole rings is 1. The van der Waals surface area contributed by atoms with Gasteiger partial charge in [0.15, 0.2) is 0 Å². The number of amides is 1. The lowest BCUT2D eigenvalue weighted by molar-refractivity contribution is -0.137. The molecule has 3 heterocycles. The molecule has 0 radical (unpaired) electrons. The van der Waals surface area contributed by atoms with Gasteiger partial charge in [0.25, 0.3) is 0 Å². The Hall–Kier alpha value is -2.02. The maximum atomic E-state index is 13.3. The first-order valence-corrected chi connectivity index (χ1v) is 16.5. The highest BCUT2D eigenvalue weighted by Crippen LogP contribution is 2.30. The molecule has 2 aromatic heterocycles. The van der Waals surface area contributed by atoms with Crippen molar-refractivity contribution in [1.82, 2.24) is 28.9 Å². The lowest BCUT2D eigenvalue weighted by atomic mass is 9.85. The maximum absolute atomic E-state index is 13.3. The number of aryl methyl sites for hydroxylation is 1. The zero-order chi connectivity index (χ0) is 27.3. The zero-order valence-electron chi connectivity index (χ0n) is 23.3. The predicted octanol–water partition coefficient (Wildman–Crippen LogP) is 2.37. The lowest BCUT2D eigenvalue weighted by Gasteiger charge is -2.39. The number of rotatable bonds is 11. The number of carbonyl (C=O) groups is 1. The molecule has 1 aliphatic carbocycles. The van der Waals surface area contributed by atoms with Crippen LogP contribution in [0.2, 0.25) is 0 Å². The van der Waals surface area contributed by atoms with E-state index in [4.69, 9.17) is 4.98 Å². The predicted molar refractivity (Wildman–Crippen MR) is 152 cm³/mol. The van der Waals surface area contributed by atoms with Gasteiger partial charge in [0.05, 0.1) is 35.4 Å². The average Bonchev–Trinajstić information content (AvgIpc) is 3.53. The van der Waals surface area contributed by atoms with Crippen LogP contribution in [0.5, 0.6) is 0 Å². The molecule has 12 heteroatoms. The van der Waals surface area contributed by atoms with Gasteiger partial charge in [-0.15, -0.1) is 11.3 Å². The van der Waals surface area contributed by atoms with Crippen molar-refractivity contribution in [3.05, 3.63) is 28.5 Å². The first-order valence-electron chi connectivity index (χ1n) is 13.7. The van der Waals surface area contributed by atoms with Crippen LogP contribution in [0.3, 0.4) is 0 Å². The van der Waals surface area contributed by atoms with Gasteiger partial charge < -0.3 is 14.7 Å². The van der Waals surface area contributed by atoms with Crippen molar-refractivity contribution in [2.24, 2.45) is 5.92 Å². The van der Waals surface area contributed by atoms with Crippen molar-refractivity contribution >= 4 is 33.0 Å². The van der Waals surface area contributed by atoms with E-state index in [9.17, 15) is 13.2 Å². The van der Waals surface area contributed by atoms with E-state index in [0.717, 1.165) is 63.0 Å². The molecule has 0 unspecified atom stereocenters. The van der Waals surface area contributed by atoms with Crippen LogP contribution >= 0.6 is 11.3 Å². The van der Waals surface area contributed by atoms with E-state index in [1.54, 1.807) is 15.6 Å². The fourth-order valence-electron chi connectivity index (χ4n) is 5.49. The molecular weight excluding hydrogens is 522 g/mol. The molecule has 1 aliphatic heterocycles. The standard InChI is InChI=1S/C26H43N7O3S2/c1-5-6-25-28-22(20-37-25)18-32-19-24(17-27-32)30-12-14-31(15-13-30)26(34)21-7-9-23(10-8-21)33(38(4,35)36)16-11-29(2)3/h17,19-21,23H,5-16,18H2,1-4H3. The fraction of sp³-hybridized carbons (Fsp3) is 0.731. The van der Waals surface area contributed by atoms with Gasteiger partial charge in [0.1, 0.15) is 0 Å². The fourth-order valence-corrected chi connectivity index (χ4v) is 7.55. The molecule has 2 fully saturated rings. The highest BCUT2D eigenvalue weighted by molar-refractivity contribution is 7.88. The normalized spacial score (nSPS) is 21.0. The summed E-state index contributed by atoms with van der Waals surface area (Å²) in [6.45, 7) is 7.02. The molecule has 2 aliphatic rings. The zero-order valence-corrected chi connectivity index (χ0v) is 24.9. The molecule has 38 heavy (non-hydrogen) atoms.